The summed E-state index contributed by atoms with van der Waals surface area (Å²) in [5, 5.41) is 2.96. The fourth-order valence-electron chi connectivity index (χ4n) is 3.33. The highest BCUT2D eigenvalue weighted by Crippen LogP contribution is 2.19. The van der Waals surface area contributed by atoms with E-state index in [-0.39, 0.29) is 5.91 Å². The Hall–Kier alpha value is -3.25. The van der Waals surface area contributed by atoms with Crippen LogP contribution in [0.4, 0.5) is 5.95 Å². The number of morpholine rings is 1. The van der Waals surface area contributed by atoms with Gasteiger partial charge in [0, 0.05) is 24.3 Å². The van der Waals surface area contributed by atoms with Crippen molar-refractivity contribution >= 4 is 11.9 Å². The lowest BCUT2D eigenvalue weighted by Crippen LogP contribution is -2.37. The molecule has 0 radical (unpaired) electrons. The number of carbonyl (C=O) groups is 1. The van der Waals surface area contributed by atoms with Gasteiger partial charge in [0.05, 0.1) is 25.5 Å². The van der Waals surface area contributed by atoms with E-state index in [1.54, 1.807) is 0 Å². The summed E-state index contributed by atoms with van der Waals surface area (Å²) in [6.45, 7) is 5.23. The molecule has 3 aromatic rings. The Balaban J connectivity index is 1.41. The third-order valence-corrected chi connectivity index (χ3v) is 4.87. The summed E-state index contributed by atoms with van der Waals surface area (Å²) in [4.78, 5) is 23.8. The van der Waals surface area contributed by atoms with Crippen molar-refractivity contribution in [2.75, 3.05) is 31.2 Å². The number of carbonyl (C=O) groups excluding carboxylic acids is 1. The second kappa shape index (κ2) is 8.84. The smallest absolute Gasteiger partial charge is 0.251 e. The van der Waals surface area contributed by atoms with Crippen molar-refractivity contribution < 1.29 is 9.53 Å². The topological polar surface area (TPSA) is 67.4 Å². The number of aromatic nitrogens is 2. The fourth-order valence-corrected chi connectivity index (χ4v) is 3.33. The van der Waals surface area contributed by atoms with Gasteiger partial charge in [-0.05, 0) is 36.2 Å². The fraction of sp³-hybridized carbons (Fsp3) is 0.261. The van der Waals surface area contributed by atoms with Crippen molar-refractivity contribution in [3.05, 3.63) is 77.6 Å². The minimum atomic E-state index is -0.117. The first-order valence-electron chi connectivity index (χ1n) is 9.80. The molecule has 0 unspecified atom stereocenters. The average Bonchev–Trinajstić information content (AvgIpc) is 2.78. The molecule has 6 nitrogen and oxygen atoms in total. The monoisotopic (exact) mass is 388 g/mol. The molecule has 1 fully saturated rings. The van der Waals surface area contributed by atoms with E-state index in [4.69, 9.17) is 4.74 Å². The summed E-state index contributed by atoms with van der Waals surface area (Å²) in [6, 6.07) is 19.6. The molecular weight excluding hydrogens is 364 g/mol. The number of benzene rings is 2. The number of rotatable bonds is 5. The summed E-state index contributed by atoms with van der Waals surface area (Å²) >= 11 is 0. The molecule has 148 valence electrons. The highest BCUT2D eigenvalue weighted by atomic mass is 16.5. The van der Waals surface area contributed by atoms with Crippen LogP contribution in [0.25, 0.3) is 11.1 Å². The van der Waals surface area contributed by atoms with Gasteiger partial charge in [0.15, 0.2) is 0 Å². The Kier molecular flexibility index (Phi) is 5.81. The summed E-state index contributed by atoms with van der Waals surface area (Å²) < 4.78 is 5.39. The van der Waals surface area contributed by atoms with Crippen molar-refractivity contribution in [2.24, 2.45) is 0 Å². The lowest BCUT2D eigenvalue weighted by Gasteiger charge is -2.27. The molecule has 1 aliphatic heterocycles. The van der Waals surface area contributed by atoms with E-state index < -0.39 is 0 Å². The molecule has 1 saturated heterocycles. The van der Waals surface area contributed by atoms with Crippen LogP contribution in [0.1, 0.15) is 21.7 Å². The lowest BCUT2D eigenvalue weighted by atomic mass is 10.0. The molecule has 2 heterocycles. The quantitative estimate of drug-likeness (QED) is 0.727. The number of ether oxygens (including phenoxy) is 1. The number of anilines is 1. The Labute approximate surface area is 170 Å². The van der Waals surface area contributed by atoms with Crippen molar-refractivity contribution in [2.45, 2.75) is 13.5 Å². The van der Waals surface area contributed by atoms with Crippen LogP contribution < -0.4 is 10.2 Å². The van der Waals surface area contributed by atoms with E-state index in [1.165, 1.54) is 0 Å². The Morgan fingerprint density at radius 1 is 1.00 bits per heavy atom. The van der Waals surface area contributed by atoms with E-state index in [0.717, 1.165) is 35.6 Å². The van der Waals surface area contributed by atoms with Crippen LogP contribution in [0.3, 0.4) is 0 Å². The van der Waals surface area contributed by atoms with Crippen LogP contribution in [0, 0.1) is 6.92 Å². The standard InChI is InChI=1S/C23H24N4O2/c1-17-15-21(26-23(25-17)27-11-13-29-14-12-27)16-24-22(28)20-9-7-19(8-10-20)18-5-3-2-4-6-18/h2-10,15H,11-14,16H2,1H3,(H,24,28). The molecular formula is C23H24N4O2. The maximum atomic E-state index is 12.6. The van der Waals surface area contributed by atoms with Crippen molar-refractivity contribution in [3.8, 4) is 11.1 Å². The zero-order valence-corrected chi connectivity index (χ0v) is 16.5. The van der Waals surface area contributed by atoms with Crippen LogP contribution in [0.15, 0.2) is 60.7 Å². The third-order valence-electron chi connectivity index (χ3n) is 4.87. The summed E-state index contributed by atoms with van der Waals surface area (Å²) in [5.41, 5.74) is 4.53. The summed E-state index contributed by atoms with van der Waals surface area (Å²) in [6.07, 6.45) is 0. The zero-order valence-electron chi connectivity index (χ0n) is 16.5. The highest BCUT2D eigenvalue weighted by molar-refractivity contribution is 5.94. The molecule has 0 saturated carbocycles. The van der Waals surface area contributed by atoms with E-state index in [9.17, 15) is 4.79 Å². The Morgan fingerprint density at radius 2 is 1.69 bits per heavy atom. The van der Waals surface area contributed by atoms with Gasteiger partial charge in [-0.15, -0.1) is 0 Å². The minimum absolute atomic E-state index is 0.117. The second-order valence-electron chi connectivity index (χ2n) is 7.03. The molecule has 0 spiro atoms. The van der Waals surface area contributed by atoms with Gasteiger partial charge < -0.3 is 15.0 Å². The number of hydrogen-bond donors (Lipinski definition) is 1. The predicted molar refractivity (Wildman–Crippen MR) is 113 cm³/mol. The number of nitrogens with one attached hydrogen (secondary N) is 1. The summed E-state index contributed by atoms with van der Waals surface area (Å²) in [5.74, 6) is 0.582. The molecule has 1 amide bonds. The van der Waals surface area contributed by atoms with Crippen molar-refractivity contribution in [1.29, 1.82) is 0 Å². The Bertz CT molecular complexity index is 968. The predicted octanol–water partition coefficient (Wildman–Crippen LogP) is 3.22. The van der Waals surface area contributed by atoms with Crippen LogP contribution in [0.2, 0.25) is 0 Å². The first-order chi connectivity index (χ1) is 14.2. The Morgan fingerprint density at radius 3 is 2.41 bits per heavy atom. The number of hydrogen-bond acceptors (Lipinski definition) is 5. The van der Waals surface area contributed by atoms with Gasteiger partial charge in [-0.2, -0.15) is 0 Å². The van der Waals surface area contributed by atoms with Crippen LogP contribution in [-0.2, 0) is 11.3 Å². The molecule has 1 aromatic heterocycles. The van der Waals surface area contributed by atoms with E-state index in [1.807, 2.05) is 55.5 Å². The second-order valence-corrected chi connectivity index (χ2v) is 7.03. The number of amides is 1. The molecule has 4 rings (SSSR count). The normalized spacial score (nSPS) is 13.9. The lowest BCUT2D eigenvalue weighted by molar-refractivity contribution is 0.0950. The molecule has 0 aliphatic carbocycles. The molecule has 6 heteroatoms. The van der Waals surface area contributed by atoms with E-state index in [0.29, 0.717) is 31.3 Å². The maximum absolute atomic E-state index is 12.6. The maximum Gasteiger partial charge on any atom is 0.251 e. The van der Waals surface area contributed by atoms with Gasteiger partial charge in [0.2, 0.25) is 5.95 Å². The van der Waals surface area contributed by atoms with E-state index in [2.05, 4.69) is 32.3 Å². The summed E-state index contributed by atoms with van der Waals surface area (Å²) in [7, 11) is 0. The van der Waals surface area contributed by atoms with E-state index >= 15 is 0 Å². The van der Waals surface area contributed by atoms with Crippen molar-refractivity contribution in [3.63, 3.8) is 0 Å². The zero-order chi connectivity index (χ0) is 20.1. The SMILES string of the molecule is Cc1cc(CNC(=O)c2ccc(-c3ccccc3)cc2)nc(N2CCOCC2)n1. The van der Waals surface area contributed by atoms with Gasteiger partial charge in [-0.25, -0.2) is 9.97 Å². The van der Waals surface area contributed by atoms with Gasteiger partial charge in [-0.3, -0.25) is 4.79 Å². The highest BCUT2D eigenvalue weighted by Gasteiger charge is 2.15. The molecule has 1 aliphatic rings. The number of nitrogens with zero attached hydrogens (tertiary/aromatic N) is 3. The van der Waals surface area contributed by atoms with Gasteiger partial charge in [0.25, 0.3) is 5.91 Å². The molecule has 0 bridgehead atoms. The van der Waals surface area contributed by atoms with Crippen LogP contribution >= 0.6 is 0 Å². The first kappa shape index (κ1) is 19.1. The largest absolute Gasteiger partial charge is 0.378 e. The third kappa shape index (κ3) is 4.78. The number of aryl methyl sites for hydroxylation is 1. The van der Waals surface area contributed by atoms with Crippen LogP contribution in [-0.4, -0.2) is 42.2 Å². The van der Waals surface area contributed by atoms with Crippen LogP contribution in [0.5, 0.6) is 0 Å². The molecule has 1 N–H and O–H groups in total. The van der Waals surface area contributed by atoms with Gasteiger partial charge in [0.1, 0.15) is 0 Å². The molecule has 29 heavy (non-hydrogen) atoms. The molecule has 0 atom stereocenters. The van der Waals surface area contributed by atoms with Gasteiger partial charge >= 0.3 is 0 Å². The average molecular weight is 388 g/mol. The van der Waals surface area contributed by atoms with Gasteiger partial charge in [-0.1, -0.05) is 42.5 Å². The minimum Gasteiger partial charge on any atom is -0.378 e. The molecule has 2 aromatic carbocycles. The first-order valence-corrected chi connectivity index (χ1v) is 9.80. The van der Waals surface area contributed by atoms with Crippen molar-refractivity contribution in [1.82, 2.24) is 15.3 Å².